The van der Waals surface area contributed by atoms with Gasteiger partial charge in [-0.2, -0.15) is 0 Å². The number of nitrogens with one attached hydrogen (secondary N) is 1. The highest BCUT2D eigenvalue weighted by Crippen LogP contribution is 2.30. The first-order valence-electron chi connectivity index (χ1n) is 5.87. The molecular weight excluding hydrogens is 295 g/mol. The van der Waals surface area contributed by atoms with Gasteiger partial charge in [0, 0.05) is 17.3 Å². The number of halogens is 2. The Morgan fingerprint density at radius 3 is 2.75 bits per heavy atom. The van der Waals surface area contributed by atoms with Crippen LogP contribution in [-0.2, 0) is 0 Å². The summed E-state index contributed by atoms with van der Waals surface area (Å²) in [6, 6.07) is 11.2. The SMILES string of the molecule is Nc1nc(Nc2ccc3ncccc3c2)c(Cl)cc1Cl. The molecule has 0 saturated heterocycles. The minimum atomic E-state index is 0.237. The third-order valence-electron chi connectivity index (χ3n) is 2.82. The Kier molecular flexibility index (Phi) is 3.34. The van der Waals surface area contributed by atoms with Crippen molar-refractivity contribution in [1.29, 1.82) is 0 Å². The zero-order chi connectivity index (χ0) is 14.1. The molecule has 0 radical (unpaired) electrons. The fourth-order valence-corrected chi connectivity index (χ4v) is 2.26. The van der Waals surface area contributed by atoms with Gasteiger partial charge in [-0.05, 0) is 30.3 Å². The molecule has 0 atom stereocenters. The Hall–Kier alpha value is -2.04. The molecular formula is C14H10Cl2N4. The highest BCUT2D eigenvalue weighted by Gasteiger charge is 2.07. The zero-order valence-corrected chi connectivity index (χ0v) is 11.8. The summed E-state index contributed by atoms with van der Waals surface area (Å²) in [4.78, 5) is 8.40. The van der Waals surface area contributed by atoms with Gasteiger partial charge in [0.1, 0.15) is 5.82 Å². The van der Waals surface area contributed by atoms with Crippen LogP contribution in [0.5, 0.6) is 0 Å². The molecule has 0 saturated carbocycles. The maximum atomic E-state index is 6.09. The van der Waals surface area contributed by atoms with Crippen LogP contribution in [0, 0.1) is 0 Å². The Labute approximate surface area is 125 Å². The lowest BCUT2D eigenvalue weighted by Gasteiger charge is -2.09. The van der Waals surface area contributed by atoms with Crippen molar-refractivity contribution in [3.8, 4) is 0 Å². The van der Waals surface area contributed by atoms with Crippen LogP contribution in [0.25, 0.3) is 10.9 Å². The van der Waals surface area contributed by atoms with Crippen molar-refractivity contribution in [3.05, 3.63) is 52.6 Å². The Morgan fingerprint density at radius 1 is 1.05 bits per heavy atom. The average molecular weight is 305 g/mol. The van der Waals surface area contributed by atoms with Crippen molar-refractivity contribution < 1.29 is 0 Å². The van der Waals surface area contributed by atoms with Crippen molar-refractivity contribution in [2.45, 2.75) is 0 Å². The average Bonchev–Trinajstić information content (AvgIpc) is 2.44. The van der Waals surface area contributed by atoms with E-state index in [0.717, 1.165) is 16.6 Å². The zero-order valence-electron chi connectivity index (χ0n) is 10.3. The standard InChI is InChI=1S/C14H10Cl2N4/c15-10-7-11(16)14(20-13(10)17)19-9-3-4-12-8(6-9)2-1-5-18-12/h1-7H,(H3,17,19,20). The first-order valence-corrected chi connectivity index (χ1v) is 6.62. The molecule has 100 valence electrons. The van der Waals surface area contributed by atoms with Crippen LogP contribution in [-0.4, -0.2) is 9.97 Å². The van der Waals surface area contributed by atoms with Crippen molar-refractivity contribution in [2.75, 3.05) is 11.1 Å². The van der Waals surface area contributed by atoms with Crippen molar-refractivity contribution in [2.24, 2.45) is 0 Å². The van der Waals surface area contributed by atoms with Crippen molar-refractivity contribution in [3.63, 3.8) is 0 Å². The molecule has 0 aliphatic heterocycles. The fourth-order valence-electron chi connectivity index (χ4n) is 1.86. The Balaban J connectivity index is 1.99. The summed E-state index contributed by atoms with van der Waals surface area (Å²) in [7, 11) is 0. The normalized spacial score (nSPS) is 10.7. The summed E-state index contributed by atoms with van der Waals surface area (Å²) in [6.45, 7) is 0. The maximum absolute atomic E-state index is 6.09. The van der Waals surface area contributed by atoms with E-state index in [9.17, 15) is 0 Å². The number of aromatic nitrogens is 2. The Morgan fingerprint density at radius 2 is 1.90 bits per heavy atom. The summed E-state index contributed by atoms with van der Waals surface area (Å²) in [5.74, 6) is 0.706. The third kappa shape index (κ3) is 2.48. The lowest BCUT2D eigenvalue weighted by Crippen LogP contribution is -1.99. The number of nitrogens with two attached hydrogens (primary N) is 1. The van der Waals surface area contributed by atoms with Gasteiger partial charge >= 0.3 is 0 Å². The lowest BCUT2D eigenvalue weighted by atomic mass is 10.2. The molecule has 0 aliphatic rings. The number of rotatable bonds is 2. The molecule has 3 aromatic rings. The van der Waals surface area contributed by atoms with E-state index in [1.165, 1.54) is 0 Å². The molecule has 0 amide bonds. The predicted molar refractivity (Wildman–Crippen MR) is 83.7 cm³/mol. The van der Waals surface area contributed by atoms with Gasteiger partial charge in [-0.3, -0.25) is 4.98 Å². The van der Waals surface area contributed by atoms with Crippen molar-refractivity contribution in [1.82, 2.24) is 9.97 Å². The molecule has 2 heterocycles. The second-order valence-corrected chi connectivity index (χ2v) is 5.04. The molecule has 3 rings (SSSR count). The van der Waals surface area contributed by atoms with Gasteiger partial charge < -0.3 is 11.1 Å². The van der Waals surface area contributed by atoms with Crippen LogP contribution in [0.3, 0.4) is 0 Å². The van der Waals surface area contributed by atoms with E-state index in [-0.39, 0.29) is 5.82 Å². The number of hydrogen-bond donors (Lipinski definition) is 2. The molecule has 20 heavy (non-hydrogen) atoms. The second-order valence-electron chi connectivity index (χ2n) is 4.22. The quantitative estimate of drug-likeness (QED) is 0.742. The topological polar surface area (TPSA) is 63.8 Å². The summed E-state index contributed by atoms with van der Waals surface area (Å²) in [5.41, 5.74) is 7.45. The summed E-state index contributed by atoms with van der Waals surface area (Å²) >= 11 is 12.0. The largest absolute Gasteiger partial charge is 0.382 e. The smallest absolute Gasteiger partial charge is 0.151 e. The number of pyridine rings is 2. The molecule has 0 unspecified atom stereocenters. The summed E-state index contributed by atoms with van der Waals surface area (Å²) < 4.78 is 0. The van der Waals surface area contributed by atoms with Crippen LogP contribution in [0.1, 0.15) is 0 Å². The Bertz CT molecular complexity index is 789. The van der Waals surface area contributed by atoms with Crippen LogP contribution >= 0.6 is 23.2 Å². The molecule has 0 spiro atoms. The molecule has 0 aliphatic carbocycles. The van der Waals surface area contributed by atoms with Gasteiger partial charge in [0.15, 0.2) is 5.82 Å². The van der Waals surface area contributed by atoms with E-state index in [1.54, 1.807) is 12.3 Å². The highest BCUT2D eigenvalue weighted by molar-refractivity contribution is 6.37. The number of nitrogens with zero attached hydrogens (tertiary/aromatic N) is 2. The minimum Gasteiger partial charge on any atom is -0.382 e. The fraction of sp³-hybridized carbons (Fsp3) is 0. The molecule has 6 heteroatoms. The second kappa shape index (κ2) is 5.15. The molecule has 2 aromatic heterocycles. The van der Waals surface area contributed by atoms with Crippen molar-refractivity contribution >= 4 is 51.4 Å². The van der Waals surface area contributed by atoms with Crippen LogP contribution in [0.4, 0.5) is 17.3 Å². The van der Waals surface area contributed by atoms with Gasteiger partial charge in [0.2, 0.25) is 0 Å². The third-order valence-corrected chi connectivity index (χ3v) is 3.41. The van der Waals surface area contributed by atoms with Gasteiger partial charge in [0.25, 0.3) is 0 Å². The number of hydrogen-bond acceptors (Lipinski definition) is 4. The molecule has 0 bridgehead atoms. The van der Waals surface area contributed by atoms with E-state index < -0.39 is 0 Å². The highest BCUT2D eigenvalue weighted by atomic mass is 35.5. The van der Waals surface area contributed by atoms with Gasteiger partial charge in [0.05, 0.1) is 15.6 Å². The number of nitrogen functional groups attached to an aromatic ring is 1. The predicted octanol–water partition coefficient (Wildman–Crippen LogP) is 4.26. The molecule has 4 nitrogen and oxygen atoms in total. The van der Waals surface area contributed by atoms with Gasteiger partial charge in [-0.25, -0.2) is 4.98 Å². The maximum Gasteiger partial charge on any atom is 0.151 e. The molecule has 3 N–H and O–H groups in total. The van der Waals surface area contributed by atoms with E-state index in [1.807, 2.05) is 30.3 Å². The minimum absolute atomic E-state index is 0.237. The van der Waals surface area contributed by atoms with Crippen LogP contribution < -0.4 is 11.1 Å². The van der Waals surface area contributed by atoms with Crippen LogP contribution in [0.15, 0.2) is 42.6 Å². The summed E-state index contributed by atoms with van der Waals surface area (Å²) in [5, 5.41) is 4.90. The van der Waals surface area contributed by atoms with Crippen LogP contribution in [0.2, 0.25) is 10.0 Å². The van der Waals surface area contributed by atoms with E-state index >= 15 is 0 Å². The molecule has 1 aromatic carbocycles. The van der Waals surface area contributed by atoms with Gasteiger partial charge in [-0.15, -0.1) is 0 Å². The first kappa shape index (κ1) is 13.0. The summed E-state index contributed by atoms with van der Waals surface area (Å²) in [6.07, 6.45) is 1.76. The lowest BCUT2D eigenvalue weighted by molar-refractivity contribution is 1.31. The van der Waals surface area contributed by atoms with E-state index in [0.29, 0.717) is 15.9 Å². The van der Waals surface area contributed by atoms with E-state index in [2.05, 4.69) is 15.3 Å². The first-order chi connectivity index (χ1) is 9.63. The molecule has 0 fully saturated rings. The van der Waals surface area contributed by atoms with E-state index in [4.69, 9.17) is 28.9 Å². The monoisotopic (exact) mass is 304 g/mol. The van der Waals surface area contributed by atoms with Gasteiger partial charge in [-0.1, -0.05) is 29.3 Å². The number of fused-ring (bicyclic) bond motifs is 1. The number of anilines is 3. The number of benzene rings is 1.